The van der Waals surface area contributed by atoms with Crippen LogP contribution in [0.3, 0.4) is 0 Å². The maximum absolute atomic E-state index is 9.27. The molecule has 0 radical (unpaired) electrons. The quantitative estimate of drug-likeness (QED) is 0.511. The molecule has 1 aliphatic rings. The van der Waals surface area contributed by atoms with Gasteiger partial charge in [-0.15, -0.1) is 6.42 Å². The van der Waals surface area contributed by atoms with Gasteiger partial charge in [0.25, 0.3) is 0 Å². The Kier molecular flexibility index (Phi) is 8.67. The molecule has 2 aromatic rings. The van der Waals surface area contributed by atoms with E-state index in [4.69, 9.17) is 0 Å². The van der Waals surface area contributed by atoms with Gasteiger partial charge in [-0.1, -0.05) is 63.2 Å². The summed E-state index contributed by atoms with van der Waals surface area (Å²) < 4.78 is 0. The van der Waals surface area contributed by atoms with Crippen molar-refractivity contribution in [3.8, 4) is 16.9 Å². The average Bonchev–Trinajstić information content (AvgIpc) is 3.13. The molecule has 0 spiro atoms. The van der Waals surface area contributed by atoms with Gasteiger partial charge < -0.3 is 5.11 Å². The van der Waals surface area contributed by atoms with Gasteiger partial charge in [0.2, 0.25) is 0 Å². The fraction of sp³-hybridized carbons (Fsp3) is 0.227. The van der Waals surface area contributed by atoms with Gasteiger partial charge in [-0.3, -0.25) is 6.08 Å². The molecule has 24 heavy (non-hydrogen) atoms. The molecule has 1 N–H and O–H groups in total. The molecular weight excluding hydrogens is 328 g/mol. The first-order valence-corrected chi connectivity index (χ1v) is 9.05. The summed E-state index contributed by atoms with van der Waals surface area (Å²) in [6.07, 6.45) is 8.63. The second-order valence-corrected chi connectivity index (χ2v) is 6.36. The van der Waals surface area contributed by atoms with Crippen molar-refractivity contribution in [2.45, 2.75) is 27.2 Å². The van der Waals surface area contributed by atoms with E-state index in [0.29, 0.717) is 11.2 Å². The van der Waals surface area contributed by atoms with Gasteiger partial charge in [-0.25, -0.2) is 11.6 Å². The molecule has 0 saturated heterocycles. The summed E-state index contributed by atoms with van der Waals surface area (Å²) in [7, 11) is 0. The Balaban J connectivity index is 0.000000230. The number of benzene rings is 2. The van der Waals surface area contributed by atoms with Gasteiger partial charge in [0.05, 0.1) is 0 Å². The van der Waals surface area contributed by atoms with E-state index < -0.39 is 0 Å². The topological polar surface area (TPSA) is 20.2 Å². The molecule has 2 heteroatoms. The molecule has 0 fully saturated rings. The normalized spacial score (nSPS) is 12.5. The Bertz CT molecular complexity index is 679. The number of hydrogen-bond acceptors (Lipinski definition) is 1. The molecule has 0 aromatic heterocycles. The molecule has 1 aliphatic carbocycles. The second kappa shape index (κ2) is 10.2. The number of phenols is 1. The van der Waals surface area contributed by atoms with Crippen molar-refractivity contribution in [2.24, 2.45) is 5.41 Å². The fourth-order valence-corrected chi connectivity index (χ4v) is 2.24. The summed E-state index contributed by atoms with van der Waals surface area (Å²) in [6.45, 7) is 6.64. The van der Waals surface area contributed by atoms with E-state index >= 15 is 0 Å². The molecule has 1 nitrogen and oxygen atoms in total. The first-order valence-electron chi connectivity index (χ1n) is 7.94. The third-order valence-electron chi connectivity index (χ3n) is 3.46. The molecule has 0 aliphatic heterocycles. The molecule has 0 bridgehead atoms. The maximum atomic E-state index is 9.27. The number of rotatable bonds is 1. The molecule has 0 saturated carbocycles. The average molecular weight is 353 g/mol. The van der Waals surface area contributed by atoms with Crippen molar-refractivity contribution < 1.29 is 25.1 Å². The van der Waals surface area contributed by atoms with Crippen LogP contribution in [0.4, 0.5) is 0 Å². The zero-order valence-corrected chi connectivity index (χ0v) is 16.3. The molecule has 0 heterocycles. The molecule has 123 valence electrons. The van der Waals surface area contributed by atoms with Crippen molar-refractivity contribution in [2.75, 3.05) is 0 Å². The minimum atomic E-state index is 0.299. The van der Waals surface area contributed by atoms with E-state index in [9.17, 15) is 5.11 Å². The molecule has 0 amide bonds. The molecule has 0 unspecified atom stereocenters. The standard InChI is InChI=1S/C12H10O.C9H13.CH2.Ti/c13-12-8-4-7-11(9-12)10-5-2-1-3-6-10;1-9(2,3)8-6-4-5-7-8;;/h1-9,13H;4,6H,5H2,1-3H3;1H2;/q;-1;;+1. The first-order chi connectivity index (χ1) is 11.5. The molecule has 0 atom stereocenters. The van der Waals surface area contributed by atoms with Crippen LogP contribution in [0.2, 0.25) is 0 Å². The van der Waals surface area contributed by atoms with Crippen LogP contribution in [0, 0.1) is 11.5 Å². The zero-order chi connectivity index (χ0) is 18.0. The SMILES string of the molecule is CC(C)(C)C1=[C-]CC=C1.Oc1cccc(-c2ccccc2)c1.[CH2]=[Ti+]. The molecule has 2 aromatic carbocycles. The van der Waals surface area contributed by atoms with Crippen LogP contribution in [-0.4, -0.2) is 9.92 Å². The van der Waals surface area contributed by atoms with Crippen molar-refractivity contribution >= 4 is 4.82 Å². The summed E-state index contributed by atoms with van der Waals surface area (Å²) in [5, 5.41) is 9.27. The van der Waals surface area contributed by atoms with Crippen LogP contribution in [0.15, 0.2) is 72.3 Å². The Morgan fingerprint density at radius 2 is 1.58 bits per heavy atom. The third kappa shape index (κ3) is 6.82. The Morgan fingerprint density at radius 3 is 2.04 bits per heavy atom. The van der Waals surface area contributed by atoms with Gasteiger partial charge in [0.15, 0.2) is 0 Å². The van der Waals surface area contributed by atoms with Crippen molar-refractivity contribution in [1.29, 1.82) is 0 Å². The summed E-state index contributed by atoms with van der Waals surface area (Å²) >= 11 is 1.75. The van der Waals surface area contributed by atoms with Crippen molar-refractivity contribution in [3.63, 3.8) is 0 Å². The minimum absolute atomic E-state index is 0.299. The zero-order valence-electron chi connectivity index (χ0n) is 14.7. The number of aromatic hydroxyl groups is 1. The van der Waals surface area contributed by atoms with Crippen molar-refractivity contribution in [1.82, 2.24) is 0 Å². The van der Waals surface area contributed by atoms with Crippen LogP contribution in [0.1, 0.15) is 27.2 Å². The summed E-state index contributed by atoms with van der Waals surface area (Å²) in [6, 6.07) is 17.3. The van der Waals surface area contributed by atoms with E-state index in [1.807, 2.05) is 42.5 Å². The molecule has 3 rings (SSSR count). The van der Waals surface area contributed by atoms with E-state index in [-0.39, 0.29) is 0 Å². The summed E-state index contributed by atoms with van der Waals surface area (Å²) in [5.74, 6) is 0.307. The Hall–Kier alpha value is -1.70. The van der Waals surface area contributed by atoms with Gasteiger partial charge in [0, 0.05) is 0 Å². The van der Waals surface area contributed by atoms with Gasteiger partial charge in [-0.2, -0.15) is 6.08 Å². The second-order valence-electron chi connectivity index (χ2n) is 6.36. The predicted octanol–water partition coefficient (Wildman–Crippen LogP) is 5.75. The van der Waals surface area contributed by atoms with Crippen molar-refractivity contribution in [3.05, 3.63) is 78.4 Å². The van der Waals surface area contributed by atoms with Crippen LogP contribution >= 0.6 is 0 Å². The van der Waals surface area contributed by atoms with E-state index in [1.165, 1.54) is 5.57 Å². The number of phenolic OH excluding ortho intramolecular Hbond substituents is 1. The van der Waals surface area contributed by atoms with E-state index in [0.717, 1.165) is 17.5 Å². The van der Waals surface area contributed by atoms with Crippen LogP contribution in [0.5, 0.6) is 5.75 Å². The number of hydrogen-bond donors (Lipinski definition) is 1. The molecular formula is C22H25OTi. The fourth-order valence-electron chi connectivity index (χ4n) is 2.24. The summed E-state index contributed by atoms with van der Waals surface area (Å²) in [4.78, 5) is 3.25. The van der Waals surface area contributed by atoms with Gasteiger partial charge in [0.1, 0.15) is 5.75 Å². The number of allylic oxidation sites excluding steroid dienone is 4. The van der Waals surface area contributed by atoms with Gasteiger partial charge in [-0.05, 0) is 28.7 Å². The van der Waals surface area contributed by atoms with E-state index in [2.05, 4.69) is 43.8 Å². The first kappa shape index (κ1) is 20.3. The third-order valence-corrected chi connectivity index (χ3v) is 3.46. The van der Waals surface area contributed by atoms with Crippen LogP contribution in [0.25, 0.3) is 11.1 Å². The van der Waals surface area contributed by atoms with Crippen LogP contribution in [-0.2, 0) is 20.0 Å². The summed E-state index contributed by atoms with van der Waals surface area (Å²) in [5.41, 5.74) is 3.81. The van der Waals surface area contributed by atoms with Crippen LogP contribution < -0.4 is 0 Å². The predicted molar refractivity (Wildman–Crippen MR) is 101 cm³/mol. The monoisotopic (exact) mass is 353 g/mol. The Morgan fingerprint density at radius 1 is 0.958 bits per heavy atom. The van der Waals surface area contributed by atoms with E-state index in [1.54, 1.807) is 32.1 Å². The van der Waals surface area contributed by atoms with Gasteiger partial charge >= 0.3 is 24.8 Å². The Labute approximate surface area is 157 Å².